The molecule has 15 aromatic rings. The van der Waals surface area contributed by atoms with Crippen LogP contribution < -0.4 is 14.7 Å². The van der Waals surface area contributed by atoms with Gasteiger partial charge in [-0.15, -0.1) is 0 Å². The number of hydrogen-bond acceptors (Lipinski definition) is 7. The average molecular weight is 1220 g/mol. The Morgan fingerprint density at radius 3 is 0.842 bits per heavy atom. The topological polar surface area (TPSA) is 61.3 Å². The van der Waals surface area contributed by atoms with Gasteiger partial charge in [-0.05, 0) is 147 Å². The Bertz CT molecular complexity index is 4790. The van der Waals surface area contributed by atoms with Gasteiger partial charge in [0.15, 0.2) is 17.5 Å². The third kappa shape index (κ3) is 9.59. The van der Waals surface area contributed by atoms with E-state index in [0.29, 0.717) is 17.5 Å². The first-order valence-corrected chi connectivity index (χ1v) is 32.3. The predicted octanol–water partition coefficient (Wildman–Crippen LogP) is 21.7. The van der Waals surface area contributed by atoms with E-state index >= 15 is 0 Å². The largest absolute Gasteiger partial charge is 0.310 e. The SMILES string of the molecule is c1ccc(-c2nc(-c3ccccc3)nc(-c3ccc(N(c4ccc(-c5ccncc5)cc4)c4cc(N5c6ccccc6C(c6ccccc6)(c6ccccc6)c6ccccc65)cc(N5c6ccccc6C(c6ccccc6)(c6ccccc6)c6ccccc65)c4)cc3)n2)cc1. The van der Waals surface area contributed by atoms with Gasteiger partial charge < -0.3 is 14.7 Å². The van der Waals surface area contributed by atoms with E-state index in [4.69, 9.17) is 15.0 Å². The van der Waals surface area contributed by atoms with Gasteiger partial charge in [-0.2, -0.15) is 0 Å². The molecule has 2 aliphatic rings. The predicted molar refractivity (Wildman–Crippen MR) is 387 cm³/mol. The zero-order valence-electron chi connectivity index (χ0n) is 51.8. The minimum absolute atomic E-state index is 0.579. The maximum Gasteiger partial charge on any atom is 0.164 e. The molecule has 0 aliphatic carbocycles. The van der Waals surface area contributed by atoms with Gasteiger partial charge in [0, 0.05) is 40.5 Å². The van der Waals surface area contributed by atoms with E-state index in [1.807, 2.05) is 73.1 Å². The average Bonchev–Trinajstić information content (AvgIpc) is 0.704. The molecular weight excluding hydrogens is 1160 g/mol. The molecule has 2 aliphatic heterocycles. The van der Waals surface area contributed by atoms with Crippen LogP contribution in [-0.2, 0) is 10.8 Å². The van der Waals surface area contributed by atoms with E-state index < -0.39 is 10.8 Å². The molecule has 4 heterocycles. The highest BCUT2D eigenvalue weighted by Crippen LogP contribution is 2.61. The van der Waals surface area contributed by atoms with Crippen molar-refractivity contribution in [2.45, 2.75) is 10.8 Å². The molecule has 95 heavy (non-hydrogen) atoms. The molecule has 7 heteroatoms. The molecule has 0 N–H and O–H groups in total. The Balaban J connectivity index is 0.928. The minimum atomic E-state index is -0.678. The van der Waals surface area contributed by atoms with Crippen LogP contribution in [0.1, 0.15) is 44.5 Å². The van der Waals surface area contributed by atoms with Crippen molar-refractivity contribution in [3.8, 4) is 45.3 Å². The van der Waals surface area contributed by atoms with E-state index in [1.165, 1.54) is 44.5 Å². The normalized spacial score (nSPS) is 13.2. The summed E-state index contributed by atoms with van der Waals surface area (Å²) in [5, 5.41) is 0. The van der Waals surface area contributed by atoms with Crippen molar-refractivity contribution < 1.29 is 0 Å². The molecule has 0 spiro atoms. The number of nitrogens with zero attached hydrogens (tertiary/aromatic N) is 7. The summed E-state index contributed by atoms with van der Waals surface area (Å²) in [6.07, 6.45) is 3.70. The quantitative estimate of drug-likeness (QED) is 0.114. The summed E-state index contributed by atoms with van der Waals surface area (Å²) in [5.74, 6) is 1.79. The summed E-state index contributed by atoms with van der Waals surface area (Å²) in [7, 11) is 0. The fourth-order valence-corrected chi connectivity index (χ4v) is 14.8. The maximum absolute atomic E-state index is 5.18. The lowest BCUT2D eigenvalue weighted by Gasteiger charge is -2.47. The van der Waals surface area contributed by atoms with Gasteiger partial charge in [-0.3, -0.25) is 4.98 Å². The lowest BCUT2D eigenvalue weighted by atomic mass is 9.62. The third-order valence-corrected chi connectivity index (χ3v) is 18.9. The number of hydrogen-bond donors (Lipinski definition) is 0. The van der Waals surface area contributed by atoms with E-state index in [1.54, 1.807) is 0 Å². The summed E-state index contributed by atoms with van der Waals surface area (Å²) >= 11 is 0. The second-order valence-electron chi connectivity index (χ2n) is 24.1. The van der Waals surface area contributed by atoms with Crippen LogP contribution in [0.25, 0.3) is 45.3 Å². The Hall–Kier alpha value is -12.6. The molecule has 0 saturated heterocycles. The Labute approximate surface area is 553 Å². The van der Waals surface area contributed by atoms with Crippen molar-refractivity contribution in [2.24, 2.45) is 0 Å². The number of pyridine rings is 1. The highest BCUT2D eigenvalue weighted by atomic mass is 15.2. The summed E-state index contributed by atoms with van der Waals surface area (Å²) in [6.45, 7) is 0. The molecule has 17 rings (SSSR count). The molecule has 7 nitrogen and oxygen atoms in total. The highest BCUT2D eigenvalue weighted by molar-refractivity contribution is 5.97. The molecule has 2 aromatic heterocycles. The van der Waals surface area contributed by atoms with Gasteiger partial charge in [-0.25, -0.2) is 15.0 Å². The number of anilines is 9. The summed E-state index contributed by atoms with van der Waals surface area (Å²) in [4.78, 5) is 27.2. The molecule has 0 unspecified atom stereocenters. The fourth-order valence-electron chi connectivity index (χ4n) is 14.8. The number of para-hydroxylation sites is 4. The molecular formula is C88H61N7. The van der Waals surface area contributed by atoms with Crippen LogP contribution in [0.5, 0.6) is 0 Å². The van der Waals surface area contributed by atoms with Gasteiger partial charge in [0.25, 0.3) is 0 Å². The van der Waals surface area contributed by atoms with Crippen LogP contribution in [-0.4, -0.2) is 19.9 Å². The Morgan fingerprint density at radius 1 is 0.232 bits per heavy atom. The minimum Gasteiger partial charge on any atom is -0.310 e. The van der Waals surface area contributed by atoms with E-state index in [2.05, 4.69) is 317 Å². The zero-order chi connectivity index (χ0) is 63.1. The highest BCUT2D eigenvalue weighted by Gasteiger charge is 2.48. The van der Waals surface area contributed by atoms with Crippen molar-refractivity contribution in [1.29, 1.82) is 0 Å². The van der Waals surface area contributed by atoms with E-state index in [-0.39, 0.29) is 0 Å². The van der Waals surface area contributed by atoms with Gasteiger partial charge in [-0.1, -0.05) is 267 Å². The van der Waals surface area contributed by atoms with Crippen LogP contribution in [0.3, 0.4) is 0 Å². The van der Waals surface area contributed by atoms with Gasteiger partial charge >= 0.3 is 0 Å². The lowest BCUT2D eigenvalue weighted by Crippen LogP contribution is -2.38. The van der Waals surface area contributed by atoms with E-state index in [9.17, 15) is 0 Å². The summed E-state index contributed by atoms with van der Waals surface area (Å²) in [6, 6.07) is 129. The zero-order valence-corrected chi connectivity index (χ0v) is 51.8. The van der Waals surface area contributed by atoms with Gasteiger partial charge in [0.2, 0.25) is 0 Å². The van der Waals surface area contributed by atoms with Crippen LogP contribution in [0.4, 0.5) is 51.2 Å². The molecule has 0 amide bonds. The molecule has 13 aromatic carbocycles. The third-order valence-electron chi connectivity index (χ3n) is 18.9. The van der Waals surface area contributed by atoms with Crippen LogP contribution in [0.2, 0.25) is 0 Å². The first kappa shape index (κ1) is 56.4. The number of benzene rings is 13. The first-order valence-electron chi connectivity index (χ1n) is 32.3. The monoisotopic (exact) mass is 1220 g/mol. The standard InChI is InChI=1S/C88H61N7/c1-7-27-64(28-8-1)84-90-85(65-29-9-2-10-30-65)92-86(91-84)66-49-53-72(54-50-66)93(71-51-47-62(48-52-71)63-55-57-89-58-56-63)73-59-74(94-80-43-23-19-39-76(80)87(67-31-11-3-12-32-67,68-33-13-4-14-34-68)77-40-20-24-44-81(77)94)61-75(60-73)95-82-45-25-21-41-78(82)88(69-35-15-5-16-36-69,70-37-17-6-18-38-70)79-42-22-26-46-83(79)95/h1-61H. The van der Waals surface area contributed by atoms with Crippen molar-refractivity contribution >= 4 is 51.2 Å². The molecule has 0 atom stereocenters. The number of rotatable bonds is 13. The Kier molecular flexibility index (Phi) is 14.2. The van der Waals surface area contributed by atoms with Crippen LogP contribution >= 0.6 is 0 Å². The van der Waals surface area contributed by atoms with Crippen molar-refractivity contribution in [1.82, 2.24) is 19.9 Å². The van der Waals surface area contributed by atoms with Gasteiger partial charge in [0.05, 0.1) is 50.6 Å². The second kappa shape index (κ2) is 23.9. The first-order chi connectivity index (χ1) is 47.1. The van der Waals surface area contributed by atoms with Crippen molar-refractivity contribution in [3.05, 3.63) is 415 Å². The number of aromatic nitrogens is 4. The second-order valence-corrected chi connectivity index (χ2v) is 24.1. The Morgan fingerprint density at radius 2 is 0.505 bits per heavy atom. The molecule has 0 saturated carbocycles. The van der Waals surface area contributed by atoms with Crippen molar-refractivity contribution in [3.63, 3.8) is 0 Å². The molecule has 0 bridgehead atoms. The lowest BCUT2D eigenvalue weighted by molar-refractivity contribution is 0.730. The fraction of sp³-hybridized carbons (Fsp3) is 0.0227. The van der Waals surface area contributed by atoms with E-state index in [0.717, 1.165) is 79.0 Å². The summed E-state index contributed by atoms with van der Waals surface area (Å²) in [5.41, 5.74) is 22.1. The maximum atomic E-state index is 5.18. The summed E-state index contributed by atoms with van der Waals surface area (Å²) < 4.78 is 0. The molecule has 0 fully saturated rings. The number of fused-ring (bicyclic) bond motifs is 4. The van der Waals surface area contributed by atoms with Gasteiger partial charge in [0.1, 0.15) is 0 Å². The van der Waals surface area contributed by atoms with Crippen LogP contribution in [0.15, 0.2) is 370 Å². The smallest absolute Gasteiger partial charge is 0.164 e. The molecule has 448 valence electrons. The molecule has 0 radical (unpaired) electrons. The van der Waals surface area contributed by atoms with Crippen LogP contribution in [0, 0.1) is 0 Å². The van der Waals surface area contributed by atoms with Crippen molar-refractivity contribution in [2.75, 3.05) is 14.7 Å².